The fourth-order valence-electron chi connectivity index (χ4n) is 1.36. The summed E-state index contributed by atoms with van der Waals surface area (Å²) in [5, 5.41) is 13.1. The van der Waals surface area contributed by atoms with Crippen LogP contribution in [0.5, 0.6) is 5.75 Å². The Morgan fingerprint density at radius 1 is 1.53 bits per heavy atom. The van der Waals surface area contributed by atoms with E-state index in [0.717, 1.165) is 0 Å². The van der Waals surface area contributed by atoms with Gasteiger partial charge in [-0.3, -0.25) is 10.1 Å². The highest BCUT2D eigenvalue weighted by Gasteiger charge is 2.28. The Hall–Kier alpha value is -1.26. The molecule has 17 heavy (non-hydrogen) atoms. The second-order valence-corrected chi connectivity index (χ2v) is 4.61. The average Bonchev–Trinajstić information content (AvgIpc) is 2.27. The summed E-state index contributed by atoms with van der Waals surface area (Å²) in [6.45, 7) is 3.69. The molecule has 0 atom stereocenters. The van der Waals surface area contributed by atoms with Gasteiger partial charge < -0.3 is 9.84 Å². The number of carbonyl (C=O) groups excluding carboxylic acids is 1. The van der Waals surface area contributed by atoms with E-state index in [9.17, 15) is 9.90 Å². The van der Waals surface area contributed by atoms with Crippen LogP contribution >= 0.6 is 11.6 Å². The fourth-order valence-corrected chi connectivity index (χ4v) is 1.60. The van der Waals surface area contributed by atoms with Crippen molar-refractivity contribution in [3.8, 4) is 5.75 Å². The van der Waals surface area contributed by atoms with E-state index < -0.39 is 5.54 Å². The molecule has 94 valence electrons. The van der Waals surface area contributed by atoms with E-state index in [-0.39, 0.29) is 18.3 Å². The number of carbonyl (C=O) groups is 1. The molecular formula is C12H16ClNO3. The molecule has 0 unspecified atom stereocenters. The summed E-state index contributed by atoms with van der Waals surface area (Å²) in [4.78, 5) is 11.4. The maximum Gasteiger partial charge on any atom is 0.325 e. The van der Waals surface area contributed by atoms with Crippen molar-refractivity contribution in [2.45, 2.75) is 25.9 Å². The Kier molecular flexibility index (Phi) is 4.37. The number of hydrogen-bond donors (Lipinski definition) is 2. The van der Waals surface area contributed by atoms with E-state index in [1.807, 2.05) is 0 Å². The van der Waals surface area contributed by atoms with Gasteiger partial charge in [0.25, 0.3) is 0 Å². The molecule has 0 saturated carbocycles. The highest BCUT2D eigenvalue weighted by molar-refractivity contribution is 6.31. The number of phenols is 1. The summed E-state index contributed by atoms with van der Waals surface area (Å²) in [6, 6.07) is 4.89. The molecule has 0 amide bonds. The van der Waals surface area contributed by atoms with Crippen LogP contribution in [0.4, 0.5) is 0 Å². The van der Waals surface area contributed by atoms with Crippen LogP contribution in [0, 0.1) is 0 Å². The zero-order chi connectivity index (χ0) is 13.1. The van der Waals surface area contributed by atoms with Gasteiger partial charge in [-0.1, -0.05) is 17.7 Å². The van der Waals surface area contributed by atoms with Crippen LogP contribution < -0.4 is 5.32 Å². The number of benzene rings is 1. The Morgan fingerprint density at radius 2 is 2.18 bits per heavy atom. The largest absolute Gasteiger partial charge is 0.508 e. The van der Waals surface area contributed by atoms with Crippen LogP contribution in [0.2, 0.25) is 5.02 Å². The van der Waals surface area contributed by atoms with Gasteiger partial charge in [-0.05, 0) is 26.0 Å². The molecule has 0 aliphatic heterocycles. The molecule has 5 heteroatoms. The van der Waals surface area contributed by atoms with Gasteiger partial charge in [0, 0.05) is 17.1 Å². The molecule has 0 radical (unpaired) electrons. The zero-order valence-corrected chi connectivity index (χ0v) is 10.8. The minimum atomic E-state index is -0.833. The lowest BCUT2D eigenvalue weighted by molar-refractivity contribution is -0.147. The predicted molar refractivity (Wildman–Crippen MR) is 66.1 cm³/mol. The van der Waals surface area contributed by atoms with E-state index in [1.54, 1.807) is 32.0 Å². The number of rotatable bonds is 4. The van der Waals surface area contributed by atoms with Crippen molar-refractivity contribution in [1.29, 1.82) is 0 Å². The normalized spacial score (nSPS) is 11.3. The number of nitrogens with one attached hydrogen (secondary N) is 1. The third kappa shape index (κ3) is 3.35. The second kappa shape index (κ2) is 5.38. The molecule has 0 heterocycles. The number of methoxy groups -OCH3 is 1. The average molecular weight is 258 g/mol. The van der Waals surface area contributed by atoms with Crippen LogP contribution in [-0.2, 0) is 16.1 Å². The van der Waals surface area contributed by atoms with E-state index in [2.05, 4.69) is 10.1 Å². The molecule has 4 nitrogen and oxygen atoms in total. The van der Waals surface area contributed by atoms with Crippen molar-refractivity contribution >= 4 is 17.6 Å². The topological polar surface area (TPSA) is 58.6 Å². The van der Waals surface area contributed by atoms with Crippen molar-refractivity contribution in [3.05, 3.63) is 28.8 Å². The minimum Gasteiger partial charge on any atom is -0.508 e. The SMILES string of the molecule is COC(=O)C(C)(C)NCc1c(O)cccc1Cl. The molecule has 0 bridgehead atoms. The summed E-state index contributed by atoms with van der Waals surface area (Å²) in [5.74, 6) is -0.269. The number of ether oxygens (including phenoxy) is 1. The van der Waals surface area contributed by atoms with Gasteiger partial charge >= 0.3 is 5.97 Å². The quantitative estimate of drug-likeness (QED) is 0.811. The summed E-state index contributed by atoms with van der Waals surface area (Å²) < 4.78 is 4.67. The molecule has 1 aromatic rings. The van der Waals surface area contributed by atoms with E-state index in [4.69, 9.17) is 11.6 Å². The summed E-state index contributed by atoms with van der Waals surface area (Å²) in [7, 11) is 1.33. The molecule has 2 N–H and O–H groups in total. The highest BCUT2D eigenvalue weighted by atomic mass is 35.5. The summed E-state index contributed by atoms with van der Waals surface area (Å²) in [5.41, 5.74) is -0.272. The predicted octanol–water partition coefficient (Wildman–Crippen LogP) is 2.09. The van der Waals surface area contributed by atoms with Gasteiger partial charge in [0.15, 0.2) is 0 Å². The third-order valence-corrected chi connectivity index (χ3v) is 2.85. The smallest absolute Gasteiger partial charge is 0.325 e. The molecule has 0 saturated heterocycles. The first-order chi connectivity index (χ1) is 7.88. The number of phenolic OH excluding ortho intramolecular Hbond substituents is 1. The van der Waals surface area contributed by atoms with Crippen molar-refractivity contribution in [2.75, 3.05) is 7.11 Å². The first-order valence-electron chi connectivity index (χ1n) is 5.18. The first-order valence-corrected chi connectivity index (χ1v) is 5.56. The van der Waals surface area contributed by atoms with E-state index in [0.29, 0.717) is 10.6 Å². The van der Waals surface area contributed by atoms with Crippen LogP contribution in [0.25, 0.3) is 0 Å². The number of hydrogen-bond acceptors (Lipinski definition) is 4. The van der Waals surface area contributed by atoms with Gasteiger partial charge in [0.2, 0.25) is 0 Å². The monoisotopic (exact) mass is 257 g/mol. The van der Waals surface area contributed by atoms with E-state index in [1.165, 1.54) is 7.11 Å². The van der Waals surface area contributed by atoms with Crippen molar-refractivity contribution in [3.63, 3.8) is 0 Å². The number of esters is 1. The number of aromatic hydroxyl groups is 1. The molecule has 1 rings (SSSR count). The van der Waals surface area contributed by atoms with Crippen LogP contribution in [0.1, 0.15) is 19.4 Å². The second-order valence-electron chi connectivity index (χ2n) is 4.21. The standard InChI is InChI=1S/C12H16ClNO3/c1-12(2,11(16)17-3)14-7-8-9(13)5-4-6-10(8)15/h4-6,14-15H,7H2,1-3H3. The first kappa shape index (κ1) is 13.8. The van der Waals surface area contributed by atoms with Gasteiger partial charge in [-0.15, -0.1) is 0 Å². The molecule has 1 aromatic carbocycles. The molecule has 0 aliphatic carbocycles. The fraction of sp³-hybridized carbons (Fsp3) is 0.417. The van der Waals surface area contributed by atoms with Gasteiger partial charge in [0.1, 0.15) is 11.3 Å². The Bertz CT molecular complexity index is 398. The summed E-state index contributed by atoms with van der Waals surface area (Å²) in [6.07, 6.45) is 0. The minimum absolute atomic E-state index is 0.102. The molecule has 0 aromatic heterocycles. The Labute approximate surface area is 106 Å². The molecule has 0 aliphatic rings. The molecular weight excluding hydrogens is 242 g/mol. The van der Waals surface area contributed by atoms with Crippen LogP contribution in [0.15, 0.2) is 18.2 Å². The van der Waals surface area contributed by atoms with Crippen LogP contribution in [-0.4, -0.2) is 23.7 Å². The Balaban J connectivity index is 2.77. The summed E-state index contributed by atoms with van der Waals surface area (Å²) >= 11 is 5.96. The maximum atomic E-state index is 11.4. The lowest BCUT2D eigenvalue weighted by Crippen LogP contribution is -2.47. The zero-order valence-electron chi connectivity index (χ0n) is 10.1. The van der Waals surface area contributed by atoms with Crippen molar-refractivity contribution in [1.82, 2.24) is 5.32 Å². The lowest BCUT2D eigenvalue weighted by atomic mass is 10.1. The Morgan fingerprint density at radius 3 is 2.71 bits per heavy atom. The van der Waals surface area contributed by atoms with Crippen LogP contribution in [0.3, 0.4) is 0 Å². The lowest BCUT2D eigenvalue weighted by Gasteiger charge is -2.23. The van der Waals surface area contributed by atoms with Crippen molar-refractivity contribution < 1.29 is 14.6 Å². The van der Waals surface area contributed by atoms with Gasteiger partial charge in [-0.2, -0.15) is 0 Å². The third-order valence-electron chi connectivity index (χ3n) is 2.50. The van der Waals surface area contributed by atoms with E-state index >= 15 is 0 Å². The van der Waals surface area contributed by atoms with Gasteiger partial charge in [-0.25, -0.2) is 0 Å². The van der Waals surface area contributed by atoms with Crippen molar-refractivity contribution in [2.24, 2.45) is 0 Å². The number of halogens is 1. The molecule has 0 fully saturated rings. The highest BCUT2D eigenvalue weighted by Crippen LogP contribution is 2.25. The maximum absolute atomic E-state index is 11.4. The molecule has 0 spiro atoms. The van der Waals surface area contributed by atoms with Gasteiger partial charge in [0.05, 0.1) is 7.11 Å².